The number of benzene rings is 1. The molecule has 0 bridgehead atoms. The Bertz CT molecular complexity index is 590. The second-order valence-electron chi connectivity index (χ2n) is 6.29. The number of aryl methyl sites for hydroxylation is 1. The molecule has 1 saturated carbocycles. The largest absolute Gasteiger partial charge is 0.376 e. The topological polar surface area (TPSA) is 27.1 Å². The van der Waals surface area contributed by atoms with Crippen molar-refractivity contribution >= 4 is 11.0 Å². The van der Waals surface area contributed by atoms with Crippen LogP contribution < -0.4 is 0 Å². The van der Waals surface area contributed by atoms with Crippen molar-refractivity contribution in [3.05, 3.63) is 30.1 Å². The van der Waals surface area contributed by atoms with Crippen LogP contribution in [-0.4, -0.2) is 22.3 Å². The lowest BCUT2D eigenvalue weighted by Gasteiger charge is -2.27. The van der Waals surface area contributed by atoms with Crippen LogP contribution in [0.15, 0.2) is 24.3 Å². The van der Waals surface area contributed by atoms with Crippen molar-refractivity contribution in [3.63, 3.8) is 0 Å². The summed E-state index contributed by atoms with van der Waals surface area (Å²) in [5.41, 5.74) is 2.33. The highest BCUT2D eigenvalue weighted by Crippen LogP contribution is 2.25. The molecule has 0 N–H and O–H groups in total. The van der Waals surface area contributed by atoms with Crippen LogP contribution in [0.4, 0.5) is 0 Å². The van der Waals surface area contributed by atoms with Crippen LogP contribution in [0.3, 0.4) is 0 Å². The Morgan fingerprint density at radius 3 is 2.95 bits per heavy atom. The van der Waals surface area contributed by atoms with E-state index in [-0.39, 0.29) is 0 Å². The maximum Gasteiger partial charge on any atom is 0.109 e. The van der Waals surface area contributed by atoms with Gasteiger partial charge in [-0.1, -0.05) is 38.8 Å². The van der Waals surface area contributed by atoms with Gasteiger partial charge in [-0.15, -0.1) is 0 Å². The quantitative estimate of drug-likeness (QED) is 0.824. The summed E-state index contributed by atoms with van der Waals surface area (Å²) in [5.74, 6) is 1.99. The molecule has 0 aliphatic heterocycles. The molecular formula is C18H26N2O. The third-order valence-corrected chi connectivity index (χ3v) is 4.61. The number of hydrogen-bond acceptors (Lipinski definition) is 2. The lowest BCUT2D eigenvalue weighted by atomic mass is 9.89. The Hall–Kier alpha value is -1.35. The van der Waals surface area contributed by atoms with Gasteiger partial charge in [0.05, 0.1) is 23.7 Å². The van der Waals surface area contributed by atoms with Crippen LogP contribution in [0.2, 0.25) is 0 Å². The number of rotatable bonds is 5. The first kappa shape index (κ1) is 14.6. The van der Waals surface area contributed by atoms with Crippen LogP contribution in [0.25, 0.3) is 11.0 Å². The van der Waals surface area contributed by atoms with Crippen LogP contribution in [0.1, 0.15) is 45.4 Å². The van der Waals surface area contributed by atoms with E-state index in [0.29, 0.717) is 6.10 Å². The van der Waals surface area contributed by atoms with Gasteiger partial charge in [0, 0.05) is 13.0 Å². The van der Waals surface area contributed by atoms with Gasteiger partial charge in [0.25, 0.3) is 0 Å². The maximum absolute atomic E-state index is 6.13. The summed E-state index contributed by atoms with van der Waals surface area (Å²) in [5, 5.41) is 0. The summed E-state index contributed by atoms with van der Waals surface area (Å²) in [6.07, 6.45) is 6.58. The van der Waals surface area contributed by atoms with Crippen LogP contribution in [-0.2, 0) is 17.7 Å². The predicted octanol–water partition coefficient (Wildman–Crippen LogP) is 4.19. The van der Waals surface area contributed by atoms with Gasteiger partial charge in [0.2, 0.25) is 0 Å². The minimum atomic E-state index is 0.466. The zero-order chi connectivity index (χ0) is 14.7. The van der Waals surface area contributed by atoms with Crippen LogP contribution >= 0.6 is 0 Å². The average Bonchev–Trinajstić information content (AvgIpc) is 2.86. The van der Waals surface area contributed by atoms with Gasteiger partial charge in [0.1, 0.15) is 5.82 Å². The number of fused-ring (bicyclic) bond motifs is 1. The third-order valence-electron chi connectivity index (χ3n) is 4.61. The average molecular weight is 286 g/mol. The van der Waals surface area contributed by atoms with Crippen molar-refractivity contribution in [1.29, 1.82) is 0 Å². The molecule has 1 fully saturated rings. The van der Waals surface area contributed by atoms with Crippen LogP contribution in [0.5, 0.6) is 0 Å². The number of nitrogens with zero attached hydrogens (tertiary/aromatic N) is 2. The summed E-state index contributed by atoms with van der Waals surface area (Å²) in [6.45, 7) is 6.22. The Balaban J connectivity index is 1.64. The highest BCUT2D eigenvalue weighted by atomic mass is 16.5. The van der Waals surface area contributed by atoms with E-state index in [9.17, 15) is 0 Å². The first-order valence-corrected chi connectivity index (χ1v) is 8.33. The predicted molar refractivity (Wildman–Crippen MR) is 86.5 cm³/mol. The highest BCUT2D eigenvalue weighted by molar-refractivity contribution is 5.75. The fraction of sp³-hybridized carbons (Fsp3) is 0.611. The number of hydrogen-bond donors (Lipinski definition) is 0. The molecular weight excluding hydrogens is 260 g/mol. The minimum Gasteiger partial charge on any atom is -0.376 e. The summed E-state index contributed by atoms with van der Waals surface area (Å²) in [4.78, 5) is 4.72. The maximum atomic E-state index is 6.13. The molecule has 0 amide bonds. The van der Waals surface area contributed by atoms with Crippen LogP contribution in [0, 0.1) is 5.92 Å². The van der Waals surface area contributed by atoms with Crippen molar-refractivity contribution in [3.8, 4) is 0 Å². The second-order valence-corrected chi connectivity index (χ2v) is 6.29. The van der Waals surface area contributed by atoms with Crippen molar-refractivity contribution < 1.29 is 4.74 Å². The Labute approximate surface area is 127 Å². The van der Waals surface area contributed by atoms with Gasteiger partial charge in [-0.3, -0.25) is 0 Å². The zero-order valence-electron chi connectivity index (χ0n) is 13.2. The van der Waals surface area contributed by atoms with Gasteiger partial charge in [-0.2, -0.15) is 0 Å². The van der Waals surface area contributed by atoms with E-state index >= 15 is 0 Å². The number of imidazole rings is 1. The number of ether oxygens (including phenoxy) is 1. The molecule has 2 aromatic rings. The normalized spacial score (nSPS) is 22.8. The molecule has 1 aliphatic carbocycles. The smallest absolute Gasteiger partial charge is 0.109 e. The lowest BCUT2D eigenvalue weighted by molar-refractivity contribution is 0.0118. The van der Waals surface area contributed by atoms with E-state index in [2.05, 4.69) is 42.7 Å². The molecule has 0 radical (unpaired) electrons. The molecule has 21 heavy (non-hydrogen) atoms. The SMILES string of the molecule is CCc1nc2ccccc2n1CCOC1CCCC(C)C1. The summed E-state index contributed by atoms with van der Waals surface area (Å²) >= 11 is 0. The van der Waals surface area contributed by atoms with Gasteiger partial charge in [-0.25, -0.2) is 4.98 Å². The fourth-order valence-electron chi connectivity index (χ4n) is 3.49. The Kier molecular flexibility index (Phi) is 4.59. The third kappa shape index (κ3) is 3.29. The lowest BCUT2D eigenvalue weighted by Crippen LogP contribution is -2.23. The fourth-order valence-corrected chi connectivity index (χ4v) is 3.49. The molecule has 1 aromatic carbocycles. The number of aromatic nitrogens is 2. The first-order valence-electron chi connectivity index (χ1n) is 8.33. The zero-order valence-corrected chi connectivity index (χ0v) is 13.2. The molecule has 1 aliphatic rings. The van der Waals surface area contributed by atoms with Crippen molar-refractivity contribution in [1.82, 2.24) is 9.55 Å². The molecule has 2 atom stereocenters. The highest BCUT2D eigenvalue weighted by Gasteiger charge is 2.19. The van der Waals surface area contributed by atoms with E-state index in [1.165, 1.54) is 31.2 Å². The summed E-state index contributed by atoms with van der Waals surface area (Å²) in [7, 11) is 0. The molecule has 3 heteroatoms. The summed E-state index contributed by atoms with van der Waals surface area (Å²) in [6, 6.07) is 8.39. The molecule has 3 rings (SSSR count). The summed E-state index contributed by atoms with van der Waals surface area (Å²) < 4.78 is 8.45. The van der Waals surface area contributed by atoms with Crippen molar-refractivity contribution in [2.24, 2.45) is 5.92 Å². The van der Waals surface area contributed by atoms with E-state index in [0.717, 1.165) is 36.8 Å². The van der Waals surface area contributed by atoms with E-state index in [4.69, 9.17) is 9.72 Å². The molecule has 0 spiro atoms. The van der Waals surface area contributed by atoms with Gasteiger partial charge in [-0.05, 0) is 30.9 Å². The number of para-hydroxylation sites is 2. The second kappa shape index (κ2) is 6.61. The first-order chi connectivity index (χ1) is 10.3. The van der Waals surface area contributed by atoms with Crippen molar-refractivity contribution in [2.75, 3.05) is 6.61 Å². The molecule has 3 nitrogen and oxygen atoms in total. The molecule has 0 saturated heterocycles. The monoisotopic (exact) mass is 286 g/mol. The van der Waals surface area contributed by atoms with E-state index < -0.39 is 0 Å². The Morgan fingerprint density at radius 2 is 2.14 bits per heavy atom. The minimum absolute atomic E-state index is 0.466. The standard InChI is InChI=1S/C18H26N2O/c1-3-18-19-16-9-4-5-10-17(16)20(18)11-12-21-15-8-6-7-14(2)13-15/h4-5,9-10,14-15H,3,6-8,11-13H2,1-2H3. The van der Waals surface area contributed by atoms with Gasteiger partial charge >= 0.3 is 0 Å². The van der Waals surface area contributed by atoms with E-state index in [1.807, 2.05) is 0 Å². The molecule has 114 valence electrons. The molecule has 1 aromatic heterocycles. The van der Waals surface area contributed by atoms with Gasteiger partial charge in [0.15, 0.2) is 0 Å². The Morgan fingerprint density at radius 1 is 1.29 bits per heavy atom. The van der Waals surface area contributed by atoms with E-state index in [1.54, 1.807) is 0 Å². The molecule has 2 unspecified atom stereocenters. The van der Waals surface area contributed by atoms with Crippen molar-refractivity contribution in [2.45, 2.75) is 58.6 Å². The molecule has 1 heterocycles. The van der Waals surface area contributed by atoms with Gasteiger partial charge < -0.3 is 9.30 Å².